The lowest BCUT2D eigenvalue weighted by Crippen LogP contribution is -2.18. The molecule has 1 aliphatic heterocycles. The van der Waals surface area contributed by atoms with Crippen molar-refractivity contribution >= 4 is 22.8 Å². The minimum absolute atomic E-state index is 0.0345. The first-order valence-corrected chi connectivity index (χ1v) is 9.50. The van der Waals surface area contributed by atoms with E-state index in [9.17, 15) is 13.6 Å². The van der Waals surface area contributed by atoms with E-state index < -0.39 is 17.0 Å². The Kier molecular flexibility index (Phi) is 3.36. The quantitative estimate of drug-likeness (QED) is 0.567. The minimum Gasteiger partial charge on any atom is -0.310 e. The molecule has 148 valence electrons. The molecule has 1 amide bonds. The van der Waals surface area contributed by atoms with Crippen LogP contribution in [0.5, 0.6) is 0 Å². The second-order valence-electron chi connectivity index (χ2n) is 7.61. The van der Waals surface area contributed by atoms with Crippen LogP contribution >= 0.6 is 0 Å². The summed E-state index contributed by atoms with van der Waals surface area (Å²) < 4.78 is 28.9. The molecular formula is C21H14F2N6O. The maximum Gasteiger partial charge on any atom is 0.236 e. The molecule has 3 aromatic heterocycles. The predicted octanol–water partition coefficient (Wildman–Crippen LogP) is 3.20. The zero-order valence-corrected chi connectivity index (χ0v) is 15.6. The van der Waals surface area contributed by atoms with Gasteiger partial charge in [-0.2, -0.15) is 5.10 Å². The van der Waals surface area contributed by atoms with Crippen LogP contribution in [0.4, 0.5) is 14.6 Å². The third-order valence-corrected chi connectivity index (χ3v) is 5.77. The van der Waals surface area contributed by atoms with Crippen molar-refractivity contribution in [1.29, 1.82) is 0 Å². The molecule has 1 spiro atoms. The van der Waals surface area contributed by atoms with Gasteiger partial charge in [0.2, 0.25) is 5.91 Å². The number of pyridine rings is 1. The Labute approximate surface area is 168 Å². The van der Waals surface area contributed by atoms with Crippen molar-refractivity contribution in [3.63, 3.8) is 0 Å². The molecule has 0 radical (unpaired) electrons. The number of benzene rings is 1. The number of carbonyl (C=O) groups is 1. The summed E-state index contributed by atoms with van der Waals surface area (Å²) in [5.74, 6) is -0.459. The Hall–Kier alpha value is -3.75. The molecule has 7 nitrogen and oxygen atoms in total. The van der Waals surface area contributed by atoms with E-state index in [-0.39, 0.29) is 18.0 Å². The van der Waals surface area contributed by atoms with Gasteiger partial charge in [-0.3, -0.25) is 4.79 Å². The fraction of sp³-hybridized carbons (Fsp3) is 0.190. The molecular weight excluding hydrogens is 390 g/mol. The number of anilines is 1. The van der Waals surface area contributed by atoms with E-state index in [1.54, 1.807) is 23.1 Å². The summed E-state index contributed by atoms with van der Waals surface area (Å²) in [5.41, 5.74) is 1.66. The maximum atomic E-state index is 14.2. The first-order valence-electron chi connectivity index (χ1n) is 9.50. The van der Waals surface area contributed by atoms with E-state index in [1.807, 2.05) is 6.07 Å². The van der Waals surface area contributed by atoms with Crippen molar-refractivity contribution in [2.75, 3.05) is 5.32 Å². The van der Waals surface area contributed by atoms with Gasteiger partial charge in [-0.1, -0.05) is 6.07 Å². The molecule has 1 aromatic carbocycles. The molecule has 0 unspecified atom stereocenters. The number of carbonyl (C=O) groups excluding carboxylic acids is 1. The highest BCUT2D eigenvalue weighted by Gasteiger charge is 2.57. The SMILES string of the molecule is O=C1Nc2nc(-c3nn(Cc4ccc(F)cc4F)c4ncccc34)ncc2C12CC2. The molecule has 1 N–H and O–H groups in total. The number of rotatable bonds is 3. The molecule has 1 saturated carbocycles. The molecule has 0 atom stereocenters. The van der Waals surface area contributed by atoms with Crippen LogP contribution in [0, 0.1) is 11.6 Å². The van der Waals surface area contributed by atoms with Crippen LogP contribution in [0.2, 0.25) is 0 Å². The third kappa shape index (κ3) is 2.38. The van der Waals surface area contributed by atoms with Crippen LogP contribution < -0.4 is 5.32 Å². The van der Waals surface area contributed by atoms with Crippen molar-refractivity contribution < 1.29 is 13.6 Å². The first-order chi connectivity index (χ1) is 14.5. The van der Waals surface area contributed by atoms with Crippen molar-refractivity contribution in [3.05, 3.63) is 65.5 Å². The Morgan fingerprint density at radius 2 is 2.03 bits per heavy atom. The molecule has 30 heavy (non-hydrogen) atoms. The van der Waals surface area contributed by atoms with Gasteiger partial charge >= 0.3 is 0 Å². The Morgan fingerprint density at radius 3 is 2.83 bits per heavy atom. The molecule has 1 fully saturated rings. The molecule has 4 heterocycles. The van der Waals surface area contributed by atoms with Gasteiger partial charge in [0.15, 0.2) is 11.5 Å². The Morgan fingerprint density at radius 1 is 1.17 bits per heavy atom. The summed E-state index contributed by atoms with van der Waals surface area (Å²) in [6.45, 7) is 0.0738. The Bertz CT molecular complexity index is 1360. The number of nitrogens with one attached hydrogen (secondary N) is 1. The lowest BCUT2D eigenvalue weighted by atomic mass is 10.0. The number of fused-ring (bicyclic) bond motifs is 3. The van der Waals surface area contributed by atoms with Crippen LogP contribution in [0.1, 0.15) is 24.0 Å². The molecule has 1 aliphatic carbocycles. The van der Waals surface area contributed by atoms with Gasteiger partial charge in [-0.25, -0.2) is 28.4 Å². The fourth-order valence-electron chi connectivity index (χ4n) is 4.01. The van der Waals surface area contributed by atoms with Crippen molar-refractivity contribution in [2.45, 2.75) is 24.8 Å². The zero-order valence-electron chi connectivity index (χ0n) is 15.6. The van der Waals surface area contributed by atoms with E-state index >= 15 is 0 Å². The molecule has 0 saturated heterocycles. The minimum atomic E-state index is -0.651. The van der Waals surface area contributed by atoms with E-state index in [0.717, 1.165) is 24.5 Å². The highest BCUT2D eigenvalue weighted by molar-refractivity contribution is 6.07. The zero-order chi connectivity index (χ0) is 20.5. The normalized spacial score (nSPS) is 16.1. The van der Waals surface area contributed by atoms with E-state index in [2.05, 4.69) is 25.4 Å². The fourth-order valence-corrected chi connectivity index (χ4v) is 4.01. The monoisotopic (exact) mass is 404 g/mol. The average molecular weight is 404 g/mol. The molecule has 9 heteroatoms. The van der Waals surface area contributed by atoms with Gasteiger partial charge in [0.05, 0.1) is 17.3 Å². The number of hydrogen-bond acceptors (Lipinski definition) is 5. The van der Waals surface area contributed by atoms with E-state index in [0.29, 0.717) is 28.4 Å². The third-order valence-electron chi connectivity index (χ3n) is 5.77. The van der Waals surface area contributed by atoms with Gasteiger partial charge in [0, 0.05) is 29.6 Å². The largest absolute Gasteiger partial charge is 0.310 e. The first kappa shape index (κ1) is 17.1. The standard InChI is InChI=1S/C21H14F2N6O/c22-12-4-3-11(15(23)8-12)10-29-19-13(2-1-7-24-19)16(28-29)18-25-9-14-17(26-18)27-20(30)21(14)5-6-21/h1-4,7-9H,5-6,10H2,(H,25,26,27,30). The van der Waals surface area contributed by atoms with Gasteiger partial charge in [0.1, 0.15) is 23.1 Å². The number of nitrogens with zero attached hydrogens (tertiary/aromatic N) is 5. The van der Waals surface area contributed by atoms with Gasteiger partial charge in [-0.15, -0.1) is 0 Å². The van der Waals surface area contributed by atoms with E-state index in [4.69, 9.17) is 0 Å². The van der Waals surface area contributed by atoms with Crippen LogP contribution in [-0.2, 0) is 16.8 Å². The predicted molar refractivity (Wildman–Crippen MR) is 104 cm³/mol. The highest BCUT2D eigenvalue weighted by Crippen LogP contribution is 2.54. The maximum absolute atomic E-state index is 14.2. The van der Waals surface area contributed by atoms with Crippen molar-refractivity contribution in [3.8, 4) is 11.5 Å². The Balaban J connectivity index is 1.46. The summed E-state index contributed by atoms with van der Waals surface area (Å²) >= 11 is 0. The number of hydrogen-bond donors (Lipinski definition) is 1. The number of halogens is 2. The molecule has 6 rings (SSSR count). The lowest BCUT2D eigenvalue weighted by molar-refractivity contribution is -0.117. The van der Waals surface area contributed by atoms with Crippen LogP contribution in [0.25, 0.3) is 22.6 Å². The average Bonchev–Trinajstić information content (AvgIpc) is 3.40. The lowest BCUT2D eigenvalue weighted by Gasteiger charge is -2.05. The van der Waals surface area contributed by atoms with Gasteiger partial charge < -0.3 is 5.32 Å². The molecule has 2 aliphatic rings. The summed E-state index contributed by atoms with van der Waals surface area (Å²) in [7, 11) is 0. The number of amides is 1. The summed E-state index contributed by atoms with van der Waals surface area (Å²) in [5, 5.41) is 8.11. The highest BCUT2D eigenvalue weighted by atomic mass is 19.1. The van der Waals surface area contributed by atoms with Gasteiger partial charge in [0.25, 0.3) is 0 Å². The summed E-state index contributed by atoms with van der Waals surface area (Å²) in [6.07, 6.45) is 4.91. The summed E-state index contributed by atoms with van der Waals surface area (Å²) in [4.78, 5) is 25.6. The van der Waals surface area contributed by atoms with Crippen LogP contribution in [0.15, 0.2) is 42.7 Å². The number of aromatic nitrogens is 5. The summed E-state index contributed by atoms with van der Waals surface area (Å²) in [6, 6.07) is 7.04. The van der Waals surface area contributed by atoms with Crippen LogP contribution in [-0.4, -0.2) is 30.6 Å². The van der Waals surface area contributed by atoms with Crippen molar-refractivity contribution in [2.24, 2.45) is 0 Å². The topological polar surface area (TPSA) is 85.6 Å². The van der Waals surface area contributed by atoms with Crippen LogP contribution in [0.3, 0.4) is 0 Å². The van der Waals surface area contributed by atoms with Crippen molar-refractivity contribution in [1.82, 2.24) is 24.7 Å². The molecule has 4 aromatic rings. The smallest absolute Gasteiger partial charge is 0.236 e. The second kappa shape index (κ2) is 5.88. The molecule has 0 bridgehead atoms. The van der Waals surface area contributed by atoms with Gasteiger partial charge in [-0.05, 0) is 31.0 Å². The van der Waals surface area contributed by atoms with E-state index in [1.165, 1.54) is 12.1 Å². The second-order valence-corrected chi connectivity index (χ2v) is 7.61.